The number of benzene rings is 1. The van der Waals surface area contributed by atoms with E-state index in [-0.39, 0.29) is 23.2 Å². The molecule has 2 aliphatic rings. The average Bonchev–Trinajstić information content (AvgIpc) is 3.23. The zero-order chi connectivity index (χ0) is 19.1. The predicted molar refractivity (Wildman–Crippen MR) is 93.0 cm³/mol. The first-order valence-corrected chi connectivity index (χ1v) is 9.23. The highest BCUT2D eigenvalue weighted by Gasteiger charge is 2.42. The Bertz CT molecular complexity index is 878. The summed E-state index contributed by atoms with van der Waals surface area (Å²) in [6, 6.07) is 5.93. The van der Waals surface area contributed by atoms with Crippen LogP contribution in [0, 0.1) is 5.92 Å². The first-order valence-electron chi connectivity index (χ1n) is 9.23. The van der Waals surface area contributed by atoms with E-state index in [1.54, 1.807) is 29.2 Å². The molecule has 1 saturated carbocycles. The molecule has 2 atom stereocenters. The molecule has 1 aromatic heterocycles. The number of imidazole rings is 1. The molecule has 2 aromatic rings. The number of alkyl halides is 2. The van der Waals surface area contributed by atoms with E-state index in [0.717, 1.165) is 23.8 Å². The fourth-order valence-corrected chi connectivity index (χ4v) is 3.70. The highest BCUT2D eigenvalue weighted by molar-refractivity contribution is 5.87. The van der Waals surface area contributed by atoms with Crippen LogP contribution < -0.4 is 0 Å². The quantitative estimate of drug-likeness (QED) is 0.749. The molecular formula is C19H21F2N3O3. The van der Waals surface area contributed by atoms with Crippen LogP contribution in [0.3, 0.4) is 0 Å². The monoisotopic (exact) mass is 377 g/mol. The number of nitrogens with zero attached hydrogens (tertiary/aromatic N) is 3. The minimum absolute atomic E-state index is 0.00178. The molecule has 1 aliphatic carbocycles. The fourth-order valence-electron chi connectivity index (χ4n) is 3.70. The summed E-state index contributed by atoms with van der Waals surface area (Å²) in [7, 11) is 0. The number of carbonyl (C=O) groups excluding carboxylic acids is 2. The number of amides is 1. The van der Waals surface area contributed by atoms with E-state index in [9.17, 15) is 18.4 Å². The van der Waals surface area contributed by atoms with Crippen molar-refractivity contribution in [3.8, 4) is 0 Å². The maximum atomic E-state index is 13.6. The van der Waals surface area contributed by atoms with Crippen molar-refractivity contribution >= 4 is 22.9 Å². The van der Waals surface area contributed by atoms with Gasteiger partial charge in [-0.05, 0) is 44.7 Å². The van der Waals surface area contributed by atoms with Gasteiger partial charge in [0.15, 0.2) is 11.9 Å². The molecule has 1 aromatic carbocycles. The van der Waals surface area contributed by atoms with Gasteiger partial charge in [0, 0.05) is 12.5 Å². The third kappa shape index (κ3) is 3.28. The van der Waals surface area contributed by atoms with Gasteiger partial charge < -0.3 is 9.64 Å². The summed E-state index contributed by atoms with van der Waals surface area (Å²) in [5.74, 6) is -0.528. The predicted octanol–water partition coefficient (Wildman–Crippen LogP) is 3.44. The number of carbonyl (C=O) groups is 2. The highest BCUT2D eigenvalue weighted by atomic mass is 19.3. The van der Waals surface area contributed by atoms with Gasteiger partial charge in [-0.3, -0.25) is 9.36 Å². The molecule has 4 rings (SSSR count). The van der Waals surface area contributed by atoms with E-state index in [2.05, 4.69) is 4.98 Å². The van der Waals surface area contributed by atoms with Gasteiger partial charge in [0.05, 0.1) is 11.0 Å². The van der Waals surface area contributed by atoms with Gasteiger partial charge in [-0.2, -0.15) is 8.78 Å². The third-order valence-electron chi connectivity index (χ3n) is 5.21. The number of para-hydroxylation sites is 2. The Labute approximate surface area is 155 Å². The summed E-state index contributed by atoms with van der Waals surface area (Å²) in [4.78, 5) is 30.8. The van der Waals surface area contributed by atoms with Crippen molar-refractivity contribution in [1.82, 2.24) is 14.5 Å². The maximum Gasteiger partial charge on any atom is 0.329 e. The number of rotatable bonds is 5. The van der Waals surface area contributed by atoms with Crippen LogP contribution >= 0.6 is 0 Å². The second kappa shape index (κ2) is 6.90. The van der Waals surface area contributed by atoms with Crippen molar-refractivity contribution in [1.29, 1.82) is 0 Å². The number of likely N-dealkylation sites (tertiary alicyclic amines) is 1. The summed E-state index contributed by atoms with van der Waals surface area (Å²) in [6.45, 7) is -0.730. The lowest BCUT2D eigenvalue weighted by Gasteiger charge is -2.25. The molecule has 2 heterocycles. The molecule has 0 spiro atoms. The number of hydrogen-bond acceptors (Lipinski definition) is 4. The van der Waals surface area contributed by atoms with Crippen molar-refractivity contribution in [3.05, 3.63) is 30.1 Å². The number of fused-ring (bicyclic) bond motifs is 1. The summed E-state index contributed by atoms with van der Waals surface area (Å²) in [5, 5.41) is 0. The van der Waals surface area contributed by atoms with Crippen molar-refractivity contribution < 1.29 is 23.1 Å². The molecule has 6 nitrogen and oxygen atoms in total. The first kappa shape index (κ1) is 17.9. The van der Waals surface area contributed by atoms with E-state index in [1.807, 2.05) is 0 Å². The molecule has 144 valence electrons. The molecular weight excluding hydrogens is 356 g/mol. The molecule has 1 saturated heterocycles. The average molecular weight is 377 g/mol. The minimum atomic E-state index is -2.80. The lowest BCUT2D eigenvalue weighted by Crippen LogP contribution is -2.42. The van der Waals surface area contributed by atoms with E-state index in [4.69, 9.17) is 4.74 Å². The third-order valence-corrected chi connectivity index (χ3v) is 5.21. The normalized spacial score (nSPS) is 21.0. The SMILES string of the molecule is CC(OC(=O)C1CCCN1C(=O)C1CC1)c1nc2ccccc2n1C(F)F. The number of aromatic nitrogens is 2. The summed E-state index contributed by atoms with van der Waals surface area (Å²) in [5.41, 5.74) is 0.707. The largest absolute Gasteiger partial charge is 0.453 e. The Hall–Kier alpha value is -2.51. The van der Waals surface area contributed by atoms with Crippen molar-refractivity contribution in [2.24, 2.45) is 5.92 Å². The van der Waals surface area contributed by atoms with Gasteiger partial charge >= 0.3 is 12.5 Å². The van der Waals surface area contributed by atoms with Crippen LogP contribution in [0.15, 0.2) is 24.3 Å². The van der Waals surface area contributed by atoms with Crippen LogP contribution in [0.25, 0.3) is 11.0 Å². The lowest BCUT2D eigenvalue weighted by molar-refractivity contribution is -0.158. The van der Waals surface area contributed by atoms with Crippen molar-refractivity contribution in [2.45, 2.75) is 51.3 Å². The Morgan fingerprint density at radius 1 is 1.22 bits per heavy atom. The molecule has 27 heavy (non-hydrogen) atoms. The Balaban J connectivity index is 1.54. The van der Waals surface area contributed by atoms with Crippen molar-refractivity contribution in [2.75, 3.05) is 6.54 Å². The van der Waals surface area contributed by atoms with E-state index in [1.165, 1.54) is 6.92 Å². The zero-order valence-corrected chi connectivity index (χ0v) is 15.0. The van der Waals surface area contributed by atoms with Gasteiger partial charge in [0.2, 0.25) is 5.91 Å². The Kier molecular flexibility index (Phi) is 4.57. The number of hydrogen-bond donors (Lipinski definition) is 0. The summed E-state index contributed by atoms with van der Waals surface area (Å²) >= 11 is 0. The second-order valence-electron chi connectivity index (χ2n) is 7.15. The van der Waals surface area contributed by atoms with E-state index < -0.39 is 24.7 Å². The maximum absolute atomic E-state index is 13.6. The first-order chi connectivity index (χ1) is 13.0. The molecule has 2 unspecified atom stereocenters. The van der Waals surface area contributed by atoms with Crippen LogP contribution in [0.5, 0.6) is 0 Å². The van der Waals surface area contributed by atoms with Gasteiger partial charge in [-0.15, -0.1) is 0 Å². The summed E-state index contributed by atoms with van der Waals surface area (Å²) in [6.07, 6.45) is 2.06. The van der Waals surface area contributed by atoms with Crippen LogP contribution in [0.4, 0.5) is 8.78 Å². The minimum Gasteiger partial charge on any atom is -0.453 e. The molecule has 2 fully saturated rings. The highest BCUT2D eigenvalue weighted by Crippen LogP contribution is 2.34. The van der Waals surface area contributed by atoms with Crippen LogP contribution in [-0.4, -0.2) is 38.9 Å². The van der Waals surface area contributed by atoms with E-state index in [0.29, 0.717) is 18.5 Å². The Morgan fingerprint density at radius 3 is 2.67 bits per heavy atom. The smallest absolute Gasteiger partial charge is 0.329 e. The second-order valence-corrected chi connectivity index (χ2v) is 7.15. The zero-order valence-electron chi connectivity index (χ0n) is 15.0. The van der Waals surface area contributed by atoms with Crippen LogP contribution in [0.2, 0.25) is 0 Å². The standard InChI is InChI=1S/C19H21F2N3O3/c1-11(16-22-13-5-2-3-6-14(13)24(16)19(20)21)27-18(26)15-7-4-10-23(15)17(25)12-8-9-12/h2-3,5-6,11-12,15,19H,4,7-10H2,1H3. The Morgan fingerprint density at radius 2 is 1.96 bits per heavy atom. The topological polar surface area (TPSA) is 64.4 Å². The van der Waals surface area contributed by atoms with Gasteiger partial charge in [-0.1, -0.05) is 12.1 Å². The number of halogens is 2. The van der Waals surface area contributed by atoms with Gasteiger partial charge in [-0.25, -0.2) is 9.78 Å². The molecule has 1 aliphatic heterocycles. The van der Waals surface area contributed by atoms with Crippen molar-refractivity contribution in [3.63, 3.8) is 0 Å². The van der Waals surface area contributed by atoms with Gasteiger partial charge in [0.1, 0.15) is 6.04 Å². The molecule has 1 amide bonds. The van der Waals surface area contributed by atoms with Crippen LogP contribution in [-0.2, 0) is 14.3 Å². The van der Waals surface area contributed by atoms with Gasteiger partial charge in [0.25, 0.3) is 0 Å². The summed E-state index contributed by atoms with van der Waals surface area (Å²) < 4.78 is 33.4. The molecule has 0 radical (unpaired) electrons. The molecule has 8 heteroatoms. The molecule has 0 bridgehead atoms. The lowest BCUT2D eigenvalue weighted by atomic mass is 10.2. The fraction of sp³-hybridized carbons (Fsp3) is 0.526. The number of ether oxygens (including phenoxy) is 1. The van der Waals surface area contributed by atoms with E-state index >= 15 is 0 Å². The molecule has 0 N–H and O–H groups in total. The number of esters is 1. The van der Waals surface area contributed by atoms with Crippen LogP contribution in [0.1, 0.15) is 51.1 Å².